The van der Waals surface area contributed by atoms with Crippen LogP contribution in [0.15, 0.2) is 35.5 Å². The smallest absolute Gasteiger partial charge is 0.241 e. The number of aliphatic hydroxyl groups excluding tert-OH is 1. The van der Waals surface area contributed by atoms with E-state index in [1.54, 1.807) is 24.1 Å². The van der Waals surface area contributed by atoms with Crippen LogP contribution in [0.2, 0.25) is 5.02 Å². The van der Waals surface area contributed by atoms with Crippen molar-refractivity contribution in [2.45, 2.75) is 29.9 Å². The molecule has 3 rings (SSSR count). The third-order valence-electron chi connectivity index (χ3n) is 4.19. The highest BCUT2D eigenvalue weighted by atomic mass is 35.5. The molecule has 24 heavy (non-hydrogen) atoms. The summed E-state index contributed by atoms with van der Waals surface area (Å²) < 4.78 is 42.7. The summed E-state index contributed by atoms with van der Waals surface area (Å²) in [6, 6.07) is 2.74. The third-order valence-corrected chi connectivity index (χ3v) is 5.92. The topological polar surface area (TPSA) is 84.2 Å². The van der Waals surface area contributed by atoms with Gasteiger partial charge in [-0.1, -0.05) is 11.6 Å². The minimum Gasteiger partial charge on any atom is -0.393 e. The van der Waals surface area contributed by atoms with E-state index in [0.717, 1.165) is 12.1 Å². The molecule has 1 saturated carbocycles. The second-order valence-electron chi connectivity index (χ2n) is 6.01. The molecule has 6 nitrogen and oxygen atoms in total. The molecule has 0 bridgehead atoms. The molecule has 0 saturated heterocycles. The van der Waals surface area contributed by atoms with Crippen LogP contribution in [0.4, 0.5) is 4.39 Å². The van der Waals surface area contributed by atoms with Gasteiger partial charge in [-0.05, 0) is 37.0 Å². The van der Waals surface area contributed by atoms with Gasteiger partial charge in [0.2, 0.25) is 10.0 Å². The summed E-state index contributed by atoms with van der Waals surface area (Å²) in [4.78, 5) is -0.109. The van der Waals surface area contributed by atoms with Gasteiger partial charge in [-0.15, -0.1) is 0 Å². The lowest BCUT2D eigenvalue weighted by atomic mass is 9.76. The number of aliphatic hydroxyl groups is 1. The lowest BCUT2D eigenvalue weighted by Gasteiger charge is -2.37. The van der Waals surface area contributed by atoms with Crippen molar-refractivity contribution in [2.75, 3.05) is 0 Å². The molecule has 1 heterocycles. The van der Waals surface area contributed by atoms with Gasteiger partial charge in [0.15, 0.2) is 0 Å². The van der Waals surface area contributed by atoms with Crippen LogP contribution in [-0.4, -0.2) is 29.4 Å². The average molecular weight is 374 g/mol. The molecule has 130 valence electrons. The molecular formula is C15H17ClFN3O3S. The Morgan fingerprint density at radius 1 is 1.46 bits per heavy atom. The van der Waals surface area contributed by atoms with E-state index in [-0.39, 0.29) is 15.8 Å². The van der Waals surface area contributed by atoms with Gasteiger partial charge in [0, 0.05) is 18.8 Å². The standard InChI is InChI=1S/C15H17ClFN3O3S/c1-20-8-10(7-18-20)15(9-4-11(21)5-9)19-24(22,23)12-2-3-14(17)13(16)6-12/h2-3,6-9,11,15,19,21H,4-5H2,1H3/t9?,11?,15-/m1/s1. The largest absolute Gasteiger partial charge is 0.393 e. The highest BCUT2D eigenvalue weighted by molar-refractivity contribution is 7.89. The first-order valence-electron chi connectivity index (χ1n) is 7.40. The first-order chi connectivity index (χ1) is 11.3. The Balaban J connectivity index is 1.89. The van der Waals surface area contributed by atoms with Crippen LogP contribution < -0.4 is 4.72 Å². The van der Waals surface area contributed by atoms with Crippen molar-refractivity contribution < 1.29 is 17.9 Å². The highest BCUT2D eigenvalue weighted by Crippen LogP contribution is 2.38. The van der Waals surface area contributed by atoms with Gasteiger partial charge in [-0.3, -0.25) is 4.68 Å². The number of hydrogen-bond donors (Lipinski definition) is 2. The minimum absolute atomic E-state index is 0.0325. The van der Waals surface area contributed by atoms with E-state index in [2.05, 4.69) is 9.82 Å². The maximum Gasteiger partial charge on any atom is 0.241 e. The van der Waals surface area contributed by atoms with Crippen molar-refractivity contribution in [3.63, 3.8) is 0 Å². The van der Waals surface area contributed by atoms with Crippen molar-refractivity contribution in [1.29, 1.82) is 0 Å². The van der Waals surface area contributed by atoms with Crippen molar-refractivity contribution in [1.82, 2.24) is 14.5 Å². The number of sulfonamides is 1. The Morgan fingerprint density at radius 3 is 2.71 bits per heavy atom. The number of aryl methyl sites for hydroxylation is 1. The summed E-state index contributed by atoms with van der Waals surface area (Å²) in [6.45, 7) is 0. The van der Waals surface area contributed by atoms with Crippen LogP contribution in [-0.2, 0) is 17.1 Å². The van der Waals surface area contributed by atoms with E-state index in [4.69, 9.17) is 11.6 Å². The number of aromatic nitrogens is 2. The highest BCUT2D eigenvalue weighted by Gasteiger charge is 2.37. The molecular weight excluding hydrogens is 357 g/mol. The lowest BCUT2D eigenvalue weighted by molar-refractivity contribution is 0.0280. The van der Waals surface area contributed by atoms with Crippen LogP contribution in [0.1, 0.15) is 24.4 Å². The van der Waals surface area contributed by atoms with Crippen LogP contribution in [0, 0.1) is 11.7 Å². The Morgan fingerprint density at radius 2 is 2.17 bits per heavy atom. The summed E-state index contributed by atoms with van der Waals surface area (Å²) in [7, 11) is -2.16. The van der Waals surface area contributed by atoms with Gasteiger partial charge >= 0.3 is 0 Å². The molecule has 1 aliphatic carbocycles. The third kappa shape index (κ3) is 3.46. The van der Waals surface area contributed by atoms with Gasteiger partial charge in [0.25, 0.3) is 0 Å². The Hall–Kier alpha value is -1.48. The van der Waals surface area contributed by atoms with Crippen LogP contribution in [0.5, 0.6) is 0 Å². The fourth-order valence-corrected chi connectivity index (χ4v) is 4.38. The molecule has 0 spiro atoms. The molecule has 0 unspecified atom stereocenters. The molecule has 0 radical (unpaired) electrons. The van der Waals surface area contributed by atoms with Crippen LogP contribution in [0.3, 0.4) is 0 Å². The van der Waals surface area contributed by atoms with Gasteiger partial charge in [-0.2, -0.15) is 5.10 Å². The molecule has 0 amide bonds. The molecule has 1 aromatic carbocycles. The Bertz CT molecular complexity index is 849. The van der Waals surface area contributed by atoms with Gasteiger partial charge in [0.1, 0.15) is 5.82 Å². The lowest BCUT2D eigenvalue weighted by Crippen LogP contribution is -2.41. The molecule has 1 aromatic heterocycles. The normalized spacial score (nSPS) is 22.2. The first kappa shape index (κ1) is 17.3. The van der Waals surface area contributed by atoms with E-state index < -0.39 is 28.0 Å². The summed E-state index contributed by atoms with van der Waals surface area (Å²) in [5.74, 6) is -0.712. The zero-order valence-corrected chi connectivity index (χ0v) is 14.4. The molecule has 9 heteroatoms. The quantitative estimate of drug-likeness (QED) is 0.839. The molecule has 2 N–H and O–H groups in total. The van der Waals surface area contributed by atoms with Crippen molar-refractivity contribution in [2.24, 2.45) is 13.0 Å². The van der Waals surface area contributed by atoms with Crippen LogP contribution in [0.25, 0.3) is 0 Å². The fourth-order valence-electron chi connectivity index (χ4n) is 2.82. The zero-order valence-electron chi connectivity index (χ0n) is 12.9. The predicted molar refractivity (Wildman–Crippen MR) is 86.4 cm³/mol. The van der Waals surface area contributed by atoms with E-state index in [9.17, 15) is 17.9 Å². The molecule has 2 aromatic rings. The van der Waals surface area contributed by atoms with Crippen molar-refractivity contribution in [3.8, 4) is 0 Å². The van der Waals surface area contributed by atoms with Crippen LogP contribution >= 0.6 is 11.6 Å². The maximum atomic E-state index is 13.3. The number of halogens is 2. The fraction of sp³-hybridized carbons (Fsp3) is 0.400. The number of hydrogen-bond acceptors (Lipinski definition) is 4. The Labute approximate surface area is 144 Å². The zero-order chi connectivity index (χ0) is 17.5. The van der Waals surface area contributed by atoms with E-state index >= 15 is 0 Å². The summed E-state index contributed by atoms with van der Waals surface area (Å²) in [6.07, 6.45) is 3.92. The van der Waals surface area contributed by atoms with E-state index in [0.29, 0.717) is 18.4 Å². The summed E-state index contributed by atoms with van der Waals surface area (Å²) >= 11 is 5.68. The second kappa shape index (κ2) is 6.44. The second-order valence-corrected chi connectivity index (χ2v) is 8.13. The molecule has 1 aliphatic rings. The number of nitrogens with zero attached hydrogens (tertiary/aromatic N) is 2. The van der Waals surface area contributed by atoms with E-state index in [1.165, 1.54) is 6.07 Å². The van der Waals surface area contributed by atoms with Gasteiger partial charge in [-0.25, -0.2) is 17.5 Å². The molecule has 1 fully saturated rings. The monoisotopic (exact) mass is 373 g/mol. The number of nitrogens with one attached hydrogen (secondary N) is 1. The summed E-state index contributed by atoms with van der Waals surface area (Å²) in [5, 5.41) is 13.4. The van der Waals surface area contributed by atoms with Gasteiger partial charge in [0.05, 0.1) is 28.3 Å². The maximum absolute atomic E-state index is 13.3. The molecule has 1 atom stereocenters. The van der Waals surface area contributed by atoms with Crippen molar-refractivity contribution >= 4 is 21.6 Å². The van der Waals surface area contributed by atoms with Crippen molar-refractivity contribution in [3.05, 3.63) is 47.0 Å². The minimum atomic E-state index is -3.90. The number of benzene rings is 1. The average Bonchev–Trinajstić information content (AvgIpc) is 2.91. The summed E-state index contributed by atoms with van der Waals surface area (Å²) in [5.41, 5.74) is 0.714. The van der Waals surface area contributed by atoms with E-state index in [1.807, 2.05) is 0 Å². The Kier molecular flexibility index (Phi) is 4.65. The molecule has 0 aliphatic heterocycles. The first-order valence-corrected chi connectivity index (χ1v) is 9.26. The van der Waals surface area contributed by atoms with Gasteiger partial charge < -0.3 is 5.11 Å². The SMILES string of the molecule is Cn1cc([C@H](NS(=O)(=O)c2ccc(F)c(Cl)c2)C2CC(O)C2)cn1. The predicted octanol–water partition coefficient (Wildman–Crippen LogP) is 2.00. The number of rotatable bonds is 5.